The molecule has 0 radical (unpaired) electrons. The molecule has 1 atom stereocenters. The zero-order valence-corrected chi connectivity index (χ0v) is 20.4. The first-order valence-corrected chi connectivity index (χ1v) is 11.7. The van der Waals surface area contributed by atoms with Crippen LogP contribution < -0.4 is 5.32 Å². The number of carbonyl (C=O) groups excluding carboxylic acids is 2. The molecule has 2 aromatic carbocycles. The average molecular weight is 449 g/mol. The molecular formula is C27H36N4O2. The summed E-state index contributed by atoms with van der Waals surface area (Å²) in [4.78, 5) is 30.3. The Morgan fingerprint density at radius 2 is 1.73 bits per heavy atom. The van der Waals surface area contributed by atoms with Gasteiger partial charge >= 0.3 is 6.03 Å². The van der Waals surface area contributed by atoms with E-state index in [-0.39, 0.29) is 24.5 Å². The van der Waals surface area contributed by atoms with Crippen LogP contribution in [0, 0.1) is 5.92 Å². The van der Waals surface area contributed by atoms with Crippen LogP contribution in [0.25, 0.3) is 10.8 Å². The summed E-state index contributed by atoms with van der Waals surface area (Å²) in [6.45, 7) is 9.44. The molecule has 1 N–H and O–H groups in total. The van der Waals surface area contributed by atoms with Crippen molar-refractivity contribution in [2.45, 2.75) is 46.7 Å². The number of hydrogen-bond donors (Lipinski definition) is 1. The van der Waals surface area contributed by atoms with Gasteiger partial charge in [-0.2, -0.15) is 0 Å². The van der Waals surface area contributed by atoms with E-state index in [9.17, 15) is 9.59 Å². The Morgan fingerprint density at radius 3 is 2.39 bits per heavy atom. The van der Waals surface area contributed by atoms with Gasteiger partial charge in [0.25, 0.3) is 0 Å². The second kappa shape index (κ2) is 11.0. The van der Waals surface area contributed by atoms with Crippen molar-refractivity contribution in [2.24, 2.45) is 13.0 Å². The van der Waals surface area contributed by atoms with Crippen molar-refractivity contribution in [3.05, 3.63) is 66.5 Å². The molecule has 6 heteroatoms. The van der Waals surface area contributed by atoms with E-state index in [1.807, 2.05) is 91.2 Å². The molecule has 0 fully saturated rings. The summed E-state index contributed by atoms with van der Waals surface area (Å²) in [6, 6.07) is 17.5. The Labute approximate surface area is 197 Å². The first-order valence-electron chi connectivity index (χ1n) is 11.7. The quantitative estimate of drug-likeness (QED) is 0.470. The maximum Gasteiger partial charge on any atom is 0.322 e. The second-order valence-electron chi connectivity index (χ2n) is 9.12. The Morgan fingerprint density at radius 1 is 1.00 bits per heavy atom. The van der Waals surface area contributed by atoms with E-state index < -0.39 is 0 Å². The minimum Gasteiger partial charge on any atom is -0.353 e. The van der Waals surface area contributed by atoms with Crippen molar-refractivity contribution in [1.82, 2.24) is 14.4 Å². The summed E-state index contributed by atoms with van der Waals surface area (Å²) in [7, 11) is 1.98. The van der Waals surface area contributed by atoms with Crippen LogP contribution in [0.5, 0.6) is 0 Å². The number of rotatable bonds is 9. The highest BCUT2D eigenvalue weighted by molar-refractivity contribution is 6.02. The zero-order valence-electron chi connectivity index (χ0n) is 20.4. The Hall–Kier alpha value is -3.28. The van der Waals surface area contributed by atoms with Crippen LogP contribution in [0.4, 0.5) is 10.5 Å². The molecular weight excluding hydrogens is 412 g/mol. The predicted molar refractivity (Wildman–Crippen MR) is 135 cm³/mol. The van der Waals surface area contributed by atoms with Gasteiger partial charge in [0.2, 0.25) is 5.91 Å². The lowest BCUT2D eigenvalue weighted by Gasteiger charge is -2.32. The van der Waals surface area contributed by atoms with E-state index >= 15 is 0 Å². The maximum atomic E-state index is 13.4. The highest BCUT2D eigenvalue weighted by Gasteiger charge is 2.26. The highest BCUT2D eigenvalue weighted by Crippen LogP contribution is 2.23. The maximum absolute atomic E-state index is 13.4. The second-order valence-corrected chi connectivity index (χ2v) is 9.12. The predicted octanol–water partition coefficient (Wildman–Crippen LogP) is 5.50. The van der Waals surface area contributed by atoms with Crippen molar-refractivity contribution in [2.75, 3.05) is 18.4 Å². The van der Waals surface area contributed by atoms with Gasteiger partial charge in [-0.25, -0.2) is 4.79 Å². The van der Waals surface area contributed by atoms with Gasteiger partial charge in [0.05, 0.1) is 12.2 Å². The van der Waals surface area contributed by atoms with Crippen molar-refractivity contribution >= 4 is 28.4 Å². The van der Waals surface area contributed by atoms with Crippen LogP contribution in [0.2, 0.25) is 0 Å². The van der Waals surface area contributed by atoms with E-state index in [1.54, 1.807) is 4.90 Å². The summed E-state index contributed by atoms with van der Waals surface area (Å²) >= 11 is 0. The fraction of sp³-hybridized carbons (Fsp3) is 0.407. The van der Waals surface area contributed by atoms with Crippen LogP contribution in [0.3, 0.4) is 0 Å². The molecule has 1 heterocycles. The van der Waals surface area contributed by atoms with Crippen LogP contribution in [-0.2, 0) is 18.4 Å². The molecule has 0 saturated carbocycles. The van der Waals surface area contributed by atoms with Gasteiger partial charge in [-0.05, 0) is 42.8 Å². The minimum absolute atomic E-state index is 0.0433. The van der Waals surface area contributed by atoms with Crippen molar-refractivity contribution in [1.29, 1.82) is 0 Å². The number of aromatic nitrogens is 1. The topological polar surface area (TPSA) is 57.6 Å². The average Bonchev–Trinajstić information content (AvgIpc) is 3.20. The molecule has 6 nitrogen and oxygen atoms in total. The molecule has 0 bridgehead atoms. The fourth-order valence-corrected chi connectivity index (χ4v) is 3.97. The van der Waals surface area contributed by atoms with Gasteiger partial charge in [0.1, 0.15) is 6.54 Å². The lowest BCUT2D eigenvalue weighted by atomic mass is 10.1. The Bertz CT molecular complexity index is 1080. The van der Waals surface area contributed by atoms with E-state index in [2.05, 4.69) is 19.2 Å². The number of nitrogens with one attached hydrogen (secondary N) is 1. The third-order valence-corrected chi connectivity index (χ3v) is 6.06. The number of nitrogens with zero attached hydrogens (tertiary/aromatic N) is 3. The molecule has 1 aromatic heterocycles. The summed E-state index contributed by atoms with van der Waals surface area (Å²) in [5.41, 5.74) is 1.82. The first kappa shape index (κ1) is 24.4. The third-order valence-electron chi connectivity index (χ3n) is 6.06. The minimum atomic E-state index is -0.252. The fourth-order valence-electron chi connectivity index (χ4n) is 3.97. The molecule has 3 rings (SSSR count). The van der Waals surface area contributed by atoms with Gasteiger partial charge in [-0.1, -0.05) is 57.2 Å². The molecule has 33 heavy (non-hydrogen) atoms. The Kier molecular flexibility index (Phi) is 8.15. The van der Waals surface area contributed by atoms with E-state index in [4.69, 9.17) is 0 Å². The van der Waals surface area contributed by atoms with Gasteiger partial charge in [0, 0.05) is 36.9 Å². The number of hydrogen-bond acceptors (Lipinski definition) is 2. The monoisotopic (exact) mass is 448 g/mol. The van der Waals surface area contributed by atoms with Crippen LogP contribution in [0.1, 0.15) is 39.8 Å². The van der Waals surface area contributed by atoms with E-state index in [1.165, 1.54) is 0 Å². The molecule has 0 aliphatic carbocycles. The summed E-state index contributed by atoms with van der Waals surface area (Å²) in [5, 5.41) is 5.09. The first-order chi connectivity index (χ1) is 15.8. The van der Waals surface area contributed by atoms with Gasteiger partial charge in [-0.15, -0.1) is 0 Å². The number of fused-ring (bicyclic) bond motifs is 1. The largest absolute Gasteiger partial charge is 0.353 e. The molecule has 0 spiro atoms. The number of anilines is 1. The SMILES string of the molecule is CCC(C)N(CC(=O)N(Cc1cccn1C)CC(C)C)C(=O)Nc1cccc2ccccc12. The summed E-state index contributed by atoms with van der Waals surface area (Å²) < 4.78 is 2.03. The van der Waals surface area contributed by atoms with Crippen molar-refractivity contribution in [3.63, 3.8) is 0 Å². The number of urea groups is 1. The van der Waals surface area contributed by atoms with Crippen LogP contribution in [0.15, 0.2) is 60.8 Å². The van der Waals surface area contributed by atoms with Gasteiger partial charge in [0.15, 0.2) is 0 Å². The number of carbonyl (C=O) groups is 2. The van der Waals surface area contributed by atoms with E-state index in [0.717, 1.165) is 28.6 Å². The molecule has 176 valence electrons. The lowest BCUT2D eigenvalue weighted by Crippen LogP contribution is -2.48. The zero-order chi connectivity index (χ0) is 24.0. The molecule has 0 aliphatic heterocycles. The number of aryl methyl sites for hydroxylation is 1. The Balaban J connectivity index is 1.80. The number of amides is 3. The van der Waals surface area contributed by atoms with E-state index in [0.29, 0.717) is 19.0 Å². The summed E-state index contributed by atoms with van der Waals surface area (Å²) in [6.07, 6.45) is 2.74. The molecule has 3 amide bonds. The van der Waals surface area contributed by atoms with Crippen LogP contribution in [-0.4, -0.2) is 45.4 Å². The molecule has 1 unspecified atom stereocenters. The lowest BCUT2D eigenvalue weighted by molar-refractivity contribution is -0.133. The molecule has 0 aliphatic rings. The number of benzene rings is 2. The van der Waals surface area contributed by atoms with Gasteiger partial charge < -0.3 is 19.7 Å². The standard InChI is InChI=1S/C27H36N4O2/c1-6-21(4)31(27(33)28-25-15-9-12-22-11-7-8-14-24(22)25)19-26(32)30(17-20(2)3)18-23-13-10-16-29(23)5/h7-16,20-21H,6,17-19H2,1-5H3,(H,28,33). The highest BCUT2D eigenvalue weighted by atomic mass is 16.2. The van der Waals surface area contributed by atoms with Crippen LogP contribution >= 0.6 is 0 Å². The van der Waals surface area contributed by atoms with Crippen molar-refractivity contribution in [3.8, 4) is 0 Å². The van der Waals surface area contributed by atoms with Crippen molar-refractivity contribution < 1.29 is 9.59 Å². The van der Waals surface area contributed by atoms with Gasteiger partial charge in [-0.3, -0.25) is 4.79 Å². The molecule has 0 saturated heterocycles. The smallest absolute Gasteiger partial charge is 0.322 e. The normalized spacial score (nSPS) is 12.1. The summed E-state index contributed by atoms with van der Waals surface area (Å²) in [5.74, 6) is 0.286. The third kappa shape index (κ3) is 6.15. The molecule has 3 aromatic rings.